The summed E-state index contributed by atoms with van der Waals surface area (Å²) in [7, 11) is 4.31. The van der Waals surface area contributed by atoms with Crippen molar-refractivity contribution in [3.05, 3.63) is 41.5 Å². The van der Waals surface area contributed by atoms with Crippen LogP contribution in [0, 0.1) is 0 Å². The molecule has 0 amide bonds. The van der Waals surface area contributed by atoms with Gasteiger partial charge in [-0.15, -0.1) is 0 Å². The standard InChI is InChI=1S/C22H30O8/c1-28-19-9-13(5-7-16(19)24)8-17(25)18(26)12-15(23)6-4-14-10-20(29-2)22(27)21(11-14)30-3/h5,7,9-11,15,17-18,23-27H,4,6,8,12H2,1-3H3. The predicted molar refractivity (Wildman–Crippen MR) is 111 cm³/mol. The molecule has 0 saturated carbocycles. The SMILES string of the molecule is COc1cc(CC(O)C(O)CC(O)CCc2cc(OC)c(O)c(OC)c2)ccc1O. The van der Waals surface area contributed by atoms with Gasteiger partial charge in [0.1, 0.15) is 0 Å². The van der Waals surface area contributed by atoms with Crippen LogP contribution in [0.4, 0.5) is 0 Å². The van der Waals surface area contributed by atoms with Crippen molar-refractivity contribution in [2.24, 2.45) is 0 Å². The van der Waals surface area contributed by atoms with Gasteiger partial charge in [-0.05, 0) is 48.2 Å². The van der Waals surface area contributed by atoms with E-state index in [0.29, 0.717) is 18.4 Å². The zero-order valence-corrected chi connectivity index (χ0v) is 17.4. The molecule has 0 heterocycles. The van der Waals surface area contributed by atoms with Gasteiger partial charge >= 0.3 is 0 Å². The normalized spacial score (nSPS) is 14.1. The van der Waals surface area contributed by atoms with Crippen LogP contribution in [-0.4, -0.2) is 65.2 Å². The molecule has 0 aromatic heterocycles. The Hall–Kier alpha value is -2.68. The Bertz CT molecular complexity index is 798. The zero-order valence-electron chi connectivity index (χ0n) is 17.4. The number of ether oxygens (including phenoxy) is 3. The molecule has 0 saturated heterocycles. The van der Waals surface area contributed by atoms with Crippen molar-refractivity contribution in [1.29, 1.82) is 0 Å². The van der Waals surface area contributed by atoms with E-state index in [2.05, 4.69) is 0 Å². The molecule has 0 radical (unpaired) electrons. The summed E-state index contributed by atoms with van der Waals surface area (Å²) in [5.41, 5.74) is 1.49. The summed E-state index contributed by atoms with van der Waals surface area (Å²) in [6.07, 6.45) is -2.08. The van der Waals surface area contributed by atoms with E-state index in [1.54, 1.807) is 24.3 Å². The highest BCUT2D eigenvalue weighted by molar-refractivity contribution is 5.52. The van der Waals surface area contributed by atoms with Gasteiger partial charge in [-0.25, -0.2) is 0 Å². The smallest absolute Gasteiger partial charge is 0.200 e. The summed E-state index contributed by atoms with van der Waals surface area (Å²) in [6, 6.07) is 8.01. The summed E-state index contributed by atoms with van der Waals surface area (Å²) in [4.78, 5) is 0. The van der Waals surface area contributed by atoms with Crippen molar-refractivity contribution >= 4 is 0 Å². The van der Waals surface area contributed by atoms with Gasteiger partial charge in [0.25, 0.3) is 0 Å². The number of hydrogen-bond acceptors (Lipinski definition) is 8. The van der Waals surface area contributed by atoms with Crippen molar-refractivity contribution < 1.29 is 39.7 Å². The highest BCUT2D eigenvalue weighted by atomic mass is 16.5. The molecule has 30 heavy (non-hydrogen) atoms. The van der Waals surface area contributed by atoms with Crippen LogP contribution in [0.2, 0.25) is 0 Å². The van der Waals surface area contributed by atoms with Crippen LogP contribution in [-0.2, 0) is 12.8 Å². The third-order valence-electron chi connectivity index (χ3n) is 4.95. The molecule has 8 nitrogen and oxygen atoms in total. The van der Waals surface area contributed by atoms with Crippen molar-refractivity contribution in [2.45, 2.75) is 44.0 Å². The topological polar surface area (TPSA) is 129 Å². The van der Waals surface area contributed by atoms with Gasteiger partial charge in [0.15, 0.2) is 23.0 Å². The largest absolute Gasteiger partial charge is 0.504 e. The van der Waals surface area contributed by atoms with E-state index in [1.165, 1.54) is 27.4 Å². The maximum Gasteiger partial charge on any atom is 0.200 e. The lowest BCUT2D eigenvalue weighted by Gasteiger charge is -2.21. The lowest BCUT2D eigenvalue weighted by Crippen LogP contribution is -2.31. The second kappa shape index (κ2) is 10.9. The first kappa shape index (κ1) is 23.6. The van der Waals surface area contributed by atoms with E-state index >= 15 is 0 Å². The molecule has 3 atom stereocenters. The monoisotopic (exact) mass is 422 g/mol. The van der Waals surface area contributed by atoms with Gasteiger partial charge < -0.3 is 39.7 Å². The van der Waals surface area contributed by atoms with Crippen molar-refractivity contribution in [1.82, 2.24) is 0 Å². The lowest BCUT2D eigenvalue weighted by atomic mass is 9.97. The molecule has 0 spiro atoms. The first-order chi connectivity index (χ1) is 14.3. The fraction of sp³-hybridized carbons (Fsp3) is 0.455. The quantitative estimate of drug-likeness (QED) is 0.371. The Labute approximate surface area is 175 Å². The first-order valence-corrected chi connectivity index (χ1v) is 9.63. The summed E-state index contributed by atoms with van der Waals surface area (Å²) in [5.74, 6) is 0.745. The molecular weight excluding hydrogens is 392 g/mol. The number of phenolic OH excluding ortho intramolecular Hbond substituents is 2. The summed E-state index contributed by atoms with van der Waals surface area (Å²) in [6.45, 7) is 0. The lowest BCUT2D eigenvalue weighted by molar-refractivity contribution is -0.0128. The molecule has 2 aromatic carbocycles. The Morgan fingerprint density at radius 2 is 1.33 bits per heavy atom. The number of hydrogen-bond donors (Lipinski definition) is 5. The number of rotatable bonds is 11. The molecule has 2 aromatic rings. The highest BCUT2D eigenvalue weighted by Crippen LogP contribution is 2.37. The average molecular weight is 422 g/mol. The van der Waals surface area contributed by atoms with E-state index in [0.717, 1.165) is 5.56 Å². The number of aromatic hydroxyl groups is 2. The van der Waals surface area contributed by atoms with Crippen LogP contribution in [0.5, 0.6) is 28.7 Å². The minimum Gasteiger partial charge on any atom is -0.504 e. The van der Waals surface area contributed by atoms with Gasteiger partial charge in [0, 0.05) is 12.8 Å². The second-order valence-corrected chi connectivity index (χ2v) is 7.12. The van der Waals surface area contributed by atoms with Crippen LogP contribution in [0.25, 0.3) is 0 Å². The number of benzene rings is 2. The molecule has 0 aliphatic heterocycles. The third kappa shape index (κ3) is 6.16. The van der Waals surface area contributed by atoms with Gasteiger partial charge in [0.2, 0.25) is 5.75 Å². The Balaban J connectivity index is 1.90. The highest BCUT2D eigenvalue weighted by Gasteiger charge is 2.21. The average Bonchev–Trinajstić information content (AvgIpc) is 2.74. The van der Waals surface area contributed by atoms with Crippen LogP contribution >= 0.6 is 0 Å². The fourth-order valence-corrected chi connectivity index (χ4v) is 3.21. The van der Waals surface area contributed by atoms with E-state index in [1.807, 2.05) is 0 Å². The minimum atomic E-state index is -1.12. The number of aliphatic hydroxyl groups excluding tert-OH is 3. The maximum absolute atomic E-state index is 10.3. The van der Waals surface area contributed by atoms with Gasteiger partial charge in [0.05, 0.1) is 39.6 Å². The van der Waals surface area contributed by atoms with Crippen molar-refractivity contribution in [2.75, 3.05) is 21.3 Å². The molecule has 2 rings (SSSR count). The molecule has 0 bridgehead atoms. The second-order valence-electron chi connectivity index (χ2n) is 7.12. The molecule has 8 heteroatoms. The Kier molecular flexibility index (Phi) is 8.58. The number of aryl methyl sites for hydroxylation is 1. The third-order valence-corrected chi connectivity index (χ3v) is 4.95. The summed E-state index contributed by atoms with van der Waals surface area (Å²) in [5, 5.41) is 50.4. The molecule has 0 aliphatic rings. The van der Waals surface area contributed by atoms with E-state index in [4.69, 9.17) is 14.2 Å². The molecule has 166 valence electrons. The summed E-state index contributed by atoms with van der Waals surface area (Å²) >= 11 is 0. The molecule has 0 fully saturated rings. The zero-order chi connectivity index (χ0) is 22.3. The van der Waals surface area contributed by atoms with Gasteiger partial charge in [-0.3, -0.25) is 0 Å². The number of aliphatic hydroxyl groups is 3. The number of phenols is 2. The minimum absolute atomic E-state index is 0.00272. The van der Waals surface area contributed by atoms with Crippen LogP contribution in [0.1, 0.15) is 24.0 Å². The van der Waals surface area contributed by atoms with E-state index < -0.39 is 18.3 Å². The van der Waals surface area contributed by atoms with E-state index in [9.17, 15) is 25.5 Å². The molecule has 3 unspecified atom stereocenters. The Morgan fingerprint density at radius 3 is 1.90 bits per heavy atom. The van der Waals surface area contributed by atoms with Crippen LogP contribution in [0.15, 0.2) is 30.3 Å². The first-order valence-electron chi connectivity index (χ1n) is 9.63. The Morgan fingerprint density at radius 1 is 0.767 bits per heavy atom. The molecular formula is C22H30O8. The van der Waals surface area contributed by atoms with Crippen LogP contribution < -0.4 is 14.2 Å². The molecule has 5 N–H and O–H groups in total. The van der Waals surface area contributed by atoms with E-state index in [-0.39, 0.29) is 41.6 Å². The van der Waals surface area contributed by atoms with Gasteiger partial charge in [-0.1, -0.05) is 6.07 Å². The van der Waals surface area contributed by atoms with Crippen LogP contribution in [0.3, 0.4) is 0 Å². The maximum atomic E-state index is 10.3. The predicted octanol–water partition coefficient (Wildman–Crippen LogP) is 1.77. The number of methoxy groups -OCH3 is 3. The summed E-state index contributed by atoms with van der Waals surface area (Å²) < 4.78 is 15.3. The fourth-order valence-electron chi connectivity index (χ4n) is 3.21. The molecule has 0 aliphatic carbocycles. The van der Waals surface area contributed by atoms with Crippen molar-refractivity contribution in [3.63, 3.8) is 0 Å². The van der Waals surface area contributed by atoms with Gasteiger partial charge in [-0.2, -0.15) is 0 Å². The van der Waals surface area contributed by atoms with Crippen molar-refractivity contribution in [3.8, 4) is 28.7 Å².